The van der Waals surface area contributed by atoms with Gasteiger partial charge >= 0.3 is 0 Å². The van der Waals surface area contributed by atoms with Crippen molar-refractivity contribution < 1.29 is 4.42 Å². The van der Waals surface area contributed by atoms with Gasteiger partial charge in [-0.05, 0) is 89.6 Å². The highest BCUT2D eigenvalue weighted by atomic mass is 16.3. The first-order valence-electron chi connectivity index (χ1n) is 16.1. The van der Waals surface area contributed by atoms with Crippen molar-refractivity contribution in [2.24, 2.45) is 0 Å². The summed E-state index contributed by atoms with van der Waals surface area (Å²) in [5.74, 6) is 0. The Kier molecular flexibility index (Phi) is 5.12. The Hall–Kier alpha value is -5.66. The number of furan rings is 1. The highest BCUT2D eigenvalue weighted by Gasteiger charge is 2.38. The molecule has 0 fully saturated rings. The zero-order chi connectivity index (χ0) is 30.6. The van der Waals surface area contributed by atoms with Crippen molar-refractivity contribution in [3.8, 4) is 33.4 Å². The van der Waals surface area contributed by atoms with E-state index in [1.165, 1.54) is 82.2 Å². The molecule has 10 rings (SSSR count). The fourth-order valence-corrected chi connectivity index (χ4v) is 8.33. The lowest BCUT2D eigenvalue weighted by Gasteiger charge is -2.23. The maximum atomic E-state index is 6.61. The normalized spacial score (nSPS) is 13.6. The van der Waals surface area contributed by atoms with Crippen LogP contribution in [0.1, 0.15) is 25.0 Å². The fourth-order valence-electron chi connectivity index (χ4n) is 8.33. The Balaban J connectivity index is 1.26. The topological polar surface area (TPSA) is 13.1 Å². The SMILES string of the molecule is CC1(C)c2cc(-c3c4ccccc4c(-c4ccccc4)c4ccccc34)ccc2-c2c1ccc1oc3c4ccccc4ccc3c21. The van der Waals surface area contributed by atoms with E-state index in [0.29, 0.717) is 0 Å². The monoisotopic (exact) mass is 586 g/mol. The molecule has 0 saturated heterocycles. The van der Waals surface area contributed by atoms with Crippen LogP contribution in [-0.2, 0) is 5.41 Å². The Bertz CT molecular complexity index is 2650. The maximum absolute atomic E-state index is 6.61. The molecule has 1 heteroatoms. The van der Waals surface area contributed by atoms with Crippen LogP contribution >= 0.6 is 0 Å². The summed E-state index contributed by atoms with van der Waals surface area (Å²) in [4.78, 5) is 0. The average Bonchev–Trinajstić information content (AvgIpc) is 3.59. The standard InChI is InChI=1S/C45H30O/c1-45(2)37-24-25-39-43(36-23-20-27-12-6-7-15-30(27)44(36)46-39)42(37)35-22-21-29(26-38(35)45)41-33-18-10-8-16-31(33)40(28-13-4-3-5-14-28)32-17-9-11-19-34(32)41/h3-26H,1-2H3. The van der Waals surface area contributed by atoms with Gasteiger partial charge in [0.1, 0.15) is 11.2 Å². The van der Waals surface area contributed by atoms with Gasteiger partial charge in [0, 0.05) is 21.6 Å². The molecule has 46 heavy (non-hydrogen) atoms. The van der Waals surface area contributed by atoms with Crippen LogP contribution in [-0.4, -0.2) is 0 Å². The third kappa shape index (κ3) is 3.35. The minimum Gasteiger partial charge on any atom is -0.455 e. The summed E-state index contributed by atoms with van der Waals surface area (Å²) in [5, 5.41) is 9.90. The molecule has 1 aliphatic carbocycles. The van der Waals surface area contributed by atoms with E-state index in [0.717, 1.165) is 16.6 Å². The van der Waals surface area contributed by atoms with Crippen molar-refractivity contribution in [1.29, 1.82) is 0 Å². The molecule has 0 unspecified atom stereocenters. The van der Waals surface area contributed by atoms with Gasteiger partial charge in [-0.1, -0.05) is 141 Å². The lowest BCUT2D eigenvalue weighted by Crippen LogP contribution is -2.15. The minimum absolute atomic E-state index is 0.162. The zero-order valence-corrected chi connectivity index (χ0v) is 25.8. The second kappa shape index (κ2) is 9.19. The first-order chi connectivity index (χ1) is 22.6. The number of hydrogen-bond acceptors (Lipinski definition) is 1. The number of benzene rings is 8. The summed E-state index contributed by atoms with van der Waals surface area (Å²) in [5.41, 5.74) is 12.2. The highest BCUT2D eigenvalue weighted by Crippen LogP contribution is 2.55. The zero-order valence-electron chi connectivity index (χ0n) is 25.8. The van der Waals surface area contributed by atoms with E-state index in [2.05, 4.69) is 159 Å². The predicted octanol–water partition coefficient (Wildman–Crippen LogP) is 12.7. The van der Waals surface area contributed by atoms with E-state index >= 15 is 0 Å². The lowest BCUT2D eigenvalue weighted by molar-refractivity contribution is 0.657. The van der Waals surface area contributed by atoms with Gasteiger partial charge in [-0.2, -0.15) is 0 Å². The third-order valence-corrected chi connectivity index (χ3v) is 10.4. The molecule has 216 valence electrons. The quantitative estimate of drug-likeness (QED) is 0.184. The van der Waals surface area contributed by atoms with Gasteiger partial charge in [0.05, 0.1) is 0 Å². The van der Waals surface area contributed by atoms with Crippen LogP contribution in [0.25, 0.3) is 87.6 Å². The maximum Gasteiger partial charge on any atom is 0.143 e. The van der Waals surface area contributed by atoms with Crippen LogP contribution in [0.5, 0.6) is 0 Å². The molecular weight excluding hydrogens is 556 g/mol. The molecule has 1 aliphatic rings. The summed E-state index contributed by atoms with van der Waals surface area (Å²) in [6.07, 6.45) is 0. The minimum atomic E-state index is -0.162. The lowest BCUT2D eigenvalue weighted by atomic mass is 9.80. The third-order valence-electron chi connectivity index (χ3n) is 10.4. The molecule has 0 spiro atoms. The van der Waals surface area contributed by atoms with Crippen LogP contribution in [0.4, 0.5) is 0 Å². The summed E-state index contributed by atoms with van der Waals surface area (Å²) in [6, 6.07) is 53.3. The molecule has 1 nitrogen and oxygen atoms in total. The van der Waals surface area contributed by atoms with E-state index in [1.807, 2.05) is 0 Å². The summed E-state index contributed by atoms with van der Waals surface area (Å²) in [6.45, 7) is 4.75. The van der Waals surface area contributed by atoms with Crippen molar-refractivity contribution in [1.82, 2.24) is 0 Å². The molecule has 1 heterocycles. The van der Waals surface area contributed by atoms with Crippen LogP contribution in [0.15, 0.2) is 150 Å². The Morgan fingerprint density at radius 1 is 0.435 bits per heavy atom. The second-order valence-corrected chi connectivity index (χ2v) is 13.2. The van der Waals surface area contributed by atoms with Crippen molar-refractivity contribution in [2.75, 3.05) is 0 Å². The van der Waals surface area contributed by atoms with Gasteiger partial charge in [0.25, 0.3) is 0 Å². The van der Waals surface area contributed by atoms with Crippen LogP contribution in [0.2, 0.25) is 0 Å². The Labute approximate surface area is 267 Å². The molecule has 0 aliphatic heterocycles. The molecule has 0 N–H and O–H groups in total. The first kappa shape index (κ1) is 25.6. The molecule has 8 aromatic carbocycles. The number of fused-ring (bicyclic) bond motifs is 11. The molecule has 0 atom stereocenters. The highest BCUT2D eigenvalue weighted by molar-refractivity contribution is 6.23. The molecule has 0 radical (unpaired) electrons. The van der Waals surface area contributed by atoms with Crippen LogP contribution < -0.4 is 0 Å². The molecule has 0 saturated carbocycles. The van der Waals surface area contributed by atoms with Crippen molar-refractivity contribution in [3.63, 3.8) is 0 Å². The Morgan fingerprint density at radius 2 is 1.04 bits per heavy atom. The molecule has 9 aromatic rings. The van der Waals surface area contributed by atoms with Crippen molar-refractivity contribution in [2.45, 2.75) is 19.3 Å². The van der Waals surface area contributed by atoms with E-state index in [-0.39, 0.29) is 5.41 Å². The first-order valence-corrected chi connectivity index (χ1v) is 16.1. The Morgan fingerprint density at radius 3 is 1.74 bits per heavy atom. The smallest absolute Gasteiger partial charge is 0.143 e. The van der Waals surface area contributed by atoms with Gasteiger partial charge in [-0.3, -0.25) is 0 Å². The van der Waals surface area contributed by atoms with E-state index in [1.54, 1.807) is 0 Å². The van der Waals surface area contributed by atoms with Gasteiger partial charge in [0.2, 0.25) is 0 Å². The molecular formula is C45H30O. The molecule has 0 bridgehead atoms. The summed E-state index contributed by atoms with van der Waals surface area (Å²) >= 11 is 0. The van der Waals surface area contributed by atoms with Gasteiger partial charge in [-0.25, -0.2) is 0 Å². The largest absolute Gasteiger partial charge is 0.455 e. The van der Waals surface area contributed by atoms with Crippen molar-refractivity contribution >= 4 is 54.3 Å². The van der Waals surface area contributed by atoms with Crippen molar-refractivity contribution in [3.05, 3.63) is 157 Å². The summed E-state index contributed by atoms with van der Waals surface area (Å²) in [7, 11) is 0. The van der Waals surface area contributed by atoms with E-state index < -0.39 is 0 Å². The average molecular weight is 587 g/mol. The van der Waals surface area contributed by atoms with Gasteiger partial charge < -0.3 is 4.42 Å². The summed E-state index contributed by atoms with van der Waals surface area (Å²) < 4.78 is 6.61. The van der Waals surface area contributed by atoms with E-state index in [9.17, 15) is 0 Å². The fraction of sp³-hybridized carbons (Fsp3) is 0.0667. The van der Waals surface area contributed by atoms with E-state index in [4.69, 9.17) is 4.42 Å². The molecule has 0 amide bonds. The van der Waals surface area contributed by atoms with Crippen LogP contribution in [0, 0.1) is 0 Å². The predicted molar refractivity (Wildman–Crippen MR) is 195 cm³/mol. The second-order valence-electron chi connectivity index (χ2n) is 13.2. The molecule has 1 aromatic heterocycles. The number of hydrogen-bond donors (Lipinski definition) is 0. The van der Waals surface area contributed by atoms with Gasteiger partial charge in [0.15, 0.2) is 0 Å². The number of rotatable bonds is 2. The van der Waals surface area contributed by atoms with Gasteiger partial charge in [-0.15, -0.1) is 0 Å². The van der Waals surface area contributed by atoms with Crippen LogP contribution in [0.3, 0.4) is 0 Å².